The lowest BCUT2D eigenvalue weighted by Crippen LogP contribution is -2.41. The van der Waals surface area contributed by atoms with E-state index in [1.807, 2.05) is 5.32 Å². The van der Waals surface area contributed by atoms with Crippen LogP contribution in [0.25, 0.3) is 0 Å². The van der Waals surface area contributed by atoms with Gasteiger partial charge in [-0.2, -0.15) is 0 Å². The Morgan fingerprint density at radius 3 is 2.63 bits per heavy atom. The molecule has 0 saturated carbocycles. The summed E-state index contributed by atoms with van der Waals surface area (Å²) in [5, 5.41) is 1.98. The summed E-state index contributed by atoms with van der Waals surface area (Å²) >= 11 is 0. The average molecular weight is 272 g/mol. The van der Waals surface area contributed by atoms with Crippen molar-refractivity contribution >= 4 is 12.8 Å². The zero-order valence-electron chi connectivity index (χ0n) is 20.3. The molecule has 0 bridgehead atoms. The summed E-state index contributed by atoms with van der Waals surface area (Å²) in [5.41, 5.74) is -1.80. The van der Waals surface area contributed by atoms with Crippen LogP contribution in [0.2, 0.25) is 0 Å². The monoisotopic (exact) mass is 272 g/mol. The van der Waals surface area contributed by atoms with Gasteiger partial charge in [0.1, 0.15) is 11.4 Å². The SMILES string of the molecule is [2H]c1c(B2OC(C)(C)C(C)(C)O2)oc(C2([2H])NC([2H])([2H])C([2H])([2H])C2([2H])[2H])c1[2H]. The van der Waals surface area contributed by atoms with E-state index in [4.69, 9.17) is 26.1 Å². The van der Waals surface area contributed by atoms with Crippen molar-refractivity contribution in [3.05, 3.63) is 17.8 Å². The third-order valence-corrected chi connectivity index (χ3v) is 3.64. The maximum Gasteiger partial charge on any atom is 0.532 e. The maximum atomic E-state index is 8.47. The summed E-state index contributed by atoms with van der Waals surface area (Å²) in [6.45, 7) is 4.18. The standard InChI is InChI=1S/C14H22BNO3/c1-13(2)14(3,4)19-15(18-13)12-8-7-11(17-12)10-6-5-9-16-10/h7-8,10,16H,5-6,9H2,1-4H3/i5D2,6D2,7D,8D,9D2,10D. The lowest BCUT2D eigenvalue weighted by molar-refractivity contribution is 0.00578. The molecule has 5 heteroatoms. The fourth-order valence-electron chi connectivity index (χ4n) is 1.78. The first kappa shape index (κ1) is 6.33. The highest BCUT2D eigenvalue weighted by molar-refractivity contribution is 6.60. The van der Waals surface area contributed by atoms with Gasteiger partial charge in [-0.15, -0.1) is 0 Å². The first-order valence-electron chi connectivity index (χ1n) is 10.6. The molecule has 0 amide bonds. The van der Waals surface area contributed by atoms with Gasteiger partial charge in [-0.1, -0.05) is 0 Å². The average Bonchev–Trinajstić information content (AvgIpc) is 2.94. The molecule has 0 radical (unpaired) electrons. The smallest absolute Gasteiger partial charge is 0.468 e. The van der Waals surface area contributed by atoms with Crippen LogP contribution in [0, 0.1) is 0 Å². The van der Waals surface area contributed by atoms with Crippen molar-refractivity contribution in [2.75, 3.05) is 6.50 Å². The first-order chi connectivity index (χ1) is 12.3. The first-order valence-corrected chi connectivity index (χ1v) is 6.08. The predicted molar refractivity (Wildman–Crippen MR) is 74.4 cm³/mol. The van der Waals surface area contributed by atoms with Crippen LogP contribution in [0.3, 0.4) is 0 Å². The van der Waals surface area contributed by atoms with Crippen LogP contribution >= 0.6 is 0 Å². The van der Waals surface area contributed by atoms with Crippen molar-refractivity contribution in [3.8, 4) is 0 Å². The van der Waals surface area contributed by atoms with Gasteiger partial charge in [-0.25, -0.2) is 0 Å². The van der Waals surface area contributed by atoms with E-state index in [0.717, 1.165) is 0 Å². The molecular formula is C14H22BNO3. The Balaban J connectivity index is 2.11. The van der Waals surface area contributed by atoms with Gasteiger partial charge in [0.2, 0.25) is 0 Å². The molecule has 104 valence electrons. The fraction of sp³-hybridized carbons (Fsp3) is 0.714. The van der Waals surface area contributed by atoms with Crippen LogP contribution in [0.5, 0.6) is 0 Å². The summed E-state index contributed by atoms with van der Waals surface area (Å²) < 4.78 is 89.2. The van der Waals surface area contributed by atoms with E-state index in [1.54, 1.807) is 27.7 Å². The van der Waals surface area contributed by atoms with E-state index in [1.165, 1.54) is 0 Å². The Bertz CT molecular complexity index is 809. The summed E-state index contributed by atoms with van der Waals surface area (Å²) in [6, 6.07) is -3.94. The maximum absolute atomic E-state index is 8.47. The van der Waals surface area contributed by atoms with Crippen molar-refractivity contribution in [1.29, 1.82) is 0 Å². The molecule has 1 unspecified atom stereocenters. The second-order valence-electron chi connectivity index (χ2n) is 5.51. The molecule has 4 nitrogen and oxygen atoms in total. The van der Waals surface area contributed by atoms with Gasteiger partial charge < -0.3 is 19.0 Å². The quantitative estimate of drug-likeness (QED) is 0.836. The minimum absolute atomic E-state index is 0.254. The highest BCUT2D eigenvalue weighted by atomic mass is 16.7. The van der Waals surface area contributed by atoms with E-state index >= 15 is 0 Å². The lowest BCUT2D eigenvalue weighted by Gasteiger charge is -2.32. The van der Waals surface area contributed by atoms with Gasteiger partial charge in [0.25, 0.3) is 0 Å². The van der Waals surface area contributed by atoms with Gasteiger partial charge in [0.05, 0.1) is 21.3 Å². The Labute approximate surface area is 127 Å². The molecule has 1 aromatic rings. The molecule has 1 N–H and O–H groups in total. The molecule has 2 aliphatic rings. The molecule has 1 atom stereocenters. The number of hydrogen-bond acceptors (Lipinski definition) is 4. The number of nitrogens with one attached hydrogen (secondary N) is 1. The van der Waals surface area contributed by atoms with Crippen molar-refractivity contribution in [1.82, 2.24) is 5.32 Å². The summed E-state index contributed by atoms with van der Waals surface area (Å²) in [4.78, 5) is 0. The topological polar surface area (TPSA) is 43.6 Å². The molecule has 0 spiro atoms. The van der Waals surface area contributed by atoms with Gasteiger partial charge in [0, 0.05) is 8.22 Å². The fourth-order valence-corrected chi connectivity index (χ4v) is 1.78. The molecule has 0 aliphatic carbocycles. The predicted octanol–water partition coefficient (Wildman–Crippen LogP) is 2.00. The van der Waals surface area contributed by atoms with Crippen LogP contribution in [0.15, 0.2) is 16.5 Å². The molecule has 3 heterocycles. The van der Waals surface area contributed by atoms with Crippen molar-refractivity contribution in [2.24, 2.45) is 0 Å². The zero-order chi connectivity index (χ0) is 21.7. The lowest BCUT2D eigenvalue weighted by atomic mass is 9.86. The van der Waals surface area contributed by atoms with Crippen LogP contribution in [0.4, 0.5) is 0 Å². The summed E-state index contributed by atoms with van der Waals surface area (Å²) in [7, 11) is -1.18. The molecular weight excluding hydrogens is 241 g/mol. The van der Waals surface area contributed by atoms with Crippen LogP contribution < -0.4 is 11.0 Å². The summed E-state index contributed by atoms with van der Waals surface area (Å²) in [5.74, 6) is -0.711. The minimum Gasteiger partial charge on any atom is -0.468 e. The molecule has 3 rings (SSSR count). The number of hydrogen-bond donors (Lipinski definition) is 1. The van der Waals surface area contributed by atoms with Crippen LogP contribution in [-0.4, -0.2) is 24.8 Å². The molecule has 0 aromatic carbocycles. The van der Waals surface area contributed by atoms with E-state index in [0.29, 0.717) is 0 Å². The van der Waals surface area contributed by atoms with Gasteiger partial charge in [0.15, 0.2) is 0 Å². The van der Waals surface area contributed by atoms with Gasteiger partial charge in [-0.3, -0.25) is 0 Å². The molecule has 2 aliphatic heterocycles. The Hall–Kier alpha value is -0.775. The van der Waals surface area contributed by atoms with E-state index < -0.39 is 61.4 Å². The third-order valence-electron chi connectivity index (χ3n) is 3.64. The van der Waals surface area contributed by atoms with Crippen LogP contribution in [-0.2, 0) is 9.31 Å². The van der Waals surface area contributed by atoms with E-state index in [-0.39, 0.29) is 5.66 Å². The largest absolute Gasteiger partial charge is 0.532 e. The second-order valence-corrected chi connectivity index (χ2v) is 5.51. The Kier molecular flexibility index (Phi) is 1.45. The van der Waals surface area contributed by atoms with E-state index in [2.05, 4.69) is 0 Å². The van der Waals surface area contributed by atoms with Crippen molar-refractivity contribution in [3.63, 3.8) is 0 Å². The highest BCUT2D eigenvalue weighted by Gasteiger charge is 2.53. The third kappa shape index (κ3) is 2.24. The minimum atomic E-state index is -3.11. The van der Waals surface area contributed by atoms with Crippen molar-refractivity contribution < 1.29 is 26.1 Å². The van der Waals surface area contributed by atoms with Crippen LogP contribution in [0.1, 0.15) is 64.6 Å². The Morgan fingerprint density at radius 1 is 1.37 bits per heavy atom. The molecule has 1 aromatic heterocycles. The Morgan fingerprint density at radius 2 is 2.05 bits per heavy atom. The number of rotatable bonds is 2. The zero-order valence-corrected chi connectivity index (χ0v) is 11.3. The molecule has 19 heavy (non-hydrogen) atoms. The second kappa shape index (κ2) is 4.37. The molecule has 2 saturated heterocycles. The van der Waals surface area contributed by atoms with Crippen molar-refractivity contribution in [2.45, 2.75) is 57.7 Å². The van der Waals surface area contributed by atoms with E-state index in [9.17, 15) is 0 Å². The normalized spacial score (nSPS) is 47.8. The van der Waals surface area contributed by atoms with Gasteiger partial charge in [-0.05, 0) is 59.0 Å². The van der Waals surface area contributed by atoms with Gasteiger partial charge >= 0.3 is 7.12 Å². The summed E-state index contributed by atoms with van der Waals surface area (Å²) in [6.07, 6.45) is -6.22. The number of furan rings is 1. The molecule has 2 fully saturated rings. The highest BCUT2D eigenvalue weighted by Crippen LogP contribution is 2.36.